The van der Waals surface area contributed by atoms with E-state index >= 15 is 0 Å². The molecule has 1 saturated carbocycles. The third kappa shape index (κ3) is 3.79. The normalized spacial score (nSPS) is 25.4. The lowest BCUT2D eigenvalue weighted by molar-refractivity contribution is -0.146. The molecule has 1 saturated heterocycles. The van der Waals surface area contributed by atoms with Crippen LogP contribution in [0.15, 0.2) is 5.51 Å². The summed E-state index contributed by atoms with van der Waals surface area (Å²) in [7, 11) is 0. The molecule has 0 unspecified atom stereocenters. The molecule has 2 atom stereocenters. The van der Waals surface area contributed by atoms with Crippen LogP contribution in [0, 0.1) is 23.2 Å². The number of likely N-dealkylation sites (tertiary alicyclic amines) is 1. The van der Waals surface area contributed by atoms with Crippen LogP contribution in [-0.2, 0) is 14.4 Å². The molecule has 2 amide bonds. The van der Waals surface area contributed by atoms with Crippen molar-refractivity contribution in [2.75, 3.05) is 18.4 Å². The van der Waals surface area contributed by atoms with Crippen molar-refractivity contribution in [3.63, 3.8) is 0 Å². The summed E-state index contributed by atoms with van der Waals surface area (Å²) >= 11 is 1.30. The number of aromatic nitrogens is 2. The molecule has 0 aromatic carbocycles. The van der Waals surface area contributed by atoms with E-state index in [1.807, 2.05) is 4.90 Å². The standard InChI is InChI=1S/C18H26N4O3S/c1-11(23)14-8-13(18(14,2)3)9-15(24)22-6-4-12(5-7-22)16(25)20-17-21-19-10-26-17/h10,12-14H,4-9H2,1-3H3,(H,20,21,25)/t13-,14+/m1/s1. The maximum Gasteiger partial charge on any atom is 0.229 e. The zero-order chi connectivity index (χ0) is 18.9. The van der Waals surface area contributed by atoms with E-state index in [0.717, 1.165) is 6.42 Å². The van der Waals surface area contributed by atoms with Gasteiger partial charge in [-0.25, -0.2) is 0 Å². The first-order chi connectivity index (χ1) is 12.3. The molecule has 1 aliphatic carbocycles. The molecule has 0 radical (unpaired) electrons. The predicted molar refractivity (Wildman–Crippen MR) is 98.5 cm³/mol. The molecule has 2 heterocycles. The highest BCUT2D eigenvalue weighted by Gasteiger charge is 2.50. The van der Waals surface area contributed by atoms with Crippen LogP contribution in [0.3, 0.4) is 0 Å². The van der Waals surface area contributed by atoms with E-state index < -0.39 is 0 Å². The van der Waals surface area contributed by atoms with Crippen molar-refractivity contribution in [2.45, 2.75) is 46.5 Å². The van der Waals surface area contributed by atoms with Gasteiger partial charge in [-0.3, -0.25) is 14.4 Å². The highest BCUT2D eigenvalue weighted by Crippen LogP contribution is 2.53. The third-order valence-corrected chi connectivity index (χ3v) is 6.80. The summed E-state index contributed by atoms with van der Waals surface area (Å²) in [6.45, 7) is 7.03. The lowest BCUT2D eigenvalue weighted by Gasteiger charge is -2.51. The lowest BCUT2D eigenvalue weighted by atomic mass is 9.52. The predicted octanol–water partition coefficient (Wildman–Crippen LogP) is 2.36. The molecule has 0 bridgehead atoms. The molecule has 142 valence electrons. The maximum atomic E-state index is 12.6. The smallest absolute Gasteiger partial charge is 0.229 e. The Hall–Kier alpha value is -1.83. The van der Waals surface area contributed by atoms with Crippen LogP contribution in [-0.4, -0.2) is 45.8 Å². The van der Waals surface area contributed by atoms with Crippen LogP contribution >= 0.6 is 11.3 Å². The molecule has 2 fully saturated rings. The number of anilines is 1. The highest BCUT2D eigenvalue weighted by molar-refractivity contribution is 7.13. The third-order valence-electron chi connectivity index (χ3n) is 6.19. The number of Topliss-reactive ketones (excluding diaryl/α,β-unsaturated/α-hetero) is 1. The van der Waals surface area contributed by atoms with E-state index in [9.17, 15) is 14.4 Å². The summed E-state index contributed by atoms with van der Waals surface area (Å²) in [5.74, 6) is 0.579. The Morgan fingerprint density at radius 3 is 2.54 bits per heavy atom. The number of nitrogens with zero attached hydrogens (tertiary/aromatic N) is 3. The Morgan fingerprint density at radius 2 is 2.00 bits per heavy atom. The monoisotopic (exact) mass is 378 g/mol. The Balaban J connectivity index is 1.45. The average molecular weight is 378 g/mol. The van der Waals surface area contributed by atoms with Crippen LogP contribution in [0.5, 0.6) is 0 Å². The molecule has 0 spiro atoms. The largest absolute Gasteiger partial charge is 0.343 e. The molecule has 7 nitrogen and oxygen atoms in total. The van der Waals surface area contributed by atoms with Gasteiger partial charge in [-0.05, 0) is 37.5 Å². The van der Waals surface area contributed by atoms with Crippen LogP contribution in [0.25, 0.3) is 0 Å². The SMILES string of the molecule is CC(=O)[C@@H]1C[C@H](CC(=O)N2CCC(C(=O)Nc3nncs3)CC2)C1(C)C. The maximum absolute atomic E-state index is 12.6. The van der Waals surface area contributed by atoms with Gasteiger partial charge < -0.3 is 10.2 Å². The molecule has 2 aliphatic rings. The van der Waals surface area contributed by atoms with Crippen molar-refractivity contribution in [3.05, 3.63) is 5.51 Å². The van der Waals surface area contributed by atoms with Gasteiger partial charge in [0.05, 0.1) is 0 Å². The number of carbonyl (C=O) groups excluding carboxylic acids is 3. The Kier molecular flexibility index (Phi) is 5.41. The van der Waals surface area contributed by atoms with E-state index in [1.54, 1.807) is 12.4 Å². The van der Waals surface area contributed by atoms with E-state index in [4.69, 9.17) is 0 Å². The van der Waals surface area contributed by atoms with Crippen molar-refractivity contribution in [1.29, 1.82) is 0 Å². The van der Waals surface area contributed by atoms with Crippen LogP contribution < -0.4 is 5.32 Å². The first-order valence-corrected chi connectivity index (χ1v) is 10.0. The molecule has 3 rings (SSSR count). The molecule has 8 heteroatoms. The molecular weight excluding hydrogens is 352 g/mol. The second kappa shape index (κ2) is 7.42. The fraction of sp³-hybridized carbons (Fsp3) is 0.722. The van der Waals surface area contributed by atoms with Crippen molar-refractivity contribution in [3.8, 4) is 0 Å². The first-order valence-electron chi connectivity index (χ1n) is 9.14. The number of piperidine rings is 1. The zero-order valence-electron chi connectivity index (χ0n) is 15.5. The van der Waals surface area contributed by atoms with Crippen molar-refractivity contribution < 1.29 is 14.4 Å². The Labute approximate surface area is 157 Å². The van der Waals surface area contributed by atoms with Crippen LogP contribution in [0.2, 0.25) is 0 Å². The number of ketones is 1. The van der Waals surface area contributed by atoms with Gasteiger partial charge in [-0.2, -0.15) is 0 Å². The van der Waals surface area contributed by atoms with E-state index in [2.05, 4.69) is 29.4 Å². The summed E-state index contributed by atoms with van der Waals surface area (Å²) < 4.78 is 0. The van der Waals surface area contributed by atoms with Gasteiger partial charge in [0.15, 0.2) is 0 Å². The molecule has 26 heavy (non-hydrogen) atoms. The number of rotatable bonds is 5. The lowest BCUT2D eigenvalue weighted by Crippen LogP contribution is -2.50. The highest BCUT2D eigenvalue weighted by atomic mass is 32.1. The zero-order valence-corrected chi connectivity index (χ0v) is 16.3. The second-order valence-corrected chi connectivity index (χ2v) is 8.84. The molecule has 1 aromatic heterocycles. The fourth-order valence-electron chi connectivity index (χ4n) is 4.22. The minimum atomic E-state index is -0.0958. The molecule has 1 aromatic rings. The summed E-state index contributed by atoms with van der Waals surface area (Å²) in [4.78, 5) is 38.4. The van der Waals surface area contributed by atoms with E-state index in [0.29, 0.717) is 37.5 Å². The van der Waals surface area contributed by atoms with Crippen LogP contribution in [0.4, 0.5) is 5.13 Å². The minimum absolute atomic E-state index is 0.0433. The van der Waals surface area contributed by atoms with Crippen molar-refractivity contribution in [2.24, 2.45) is 23.2 Å². The van der Waals surface area contributed by atoms with Crippen molar-refractivity contribution >= 4 is 34.1 Å². The molecule has 1 N–H and O–H groups in total. The summed E-state index contributed by atoms with van der Waals surface area (Å²) in [6.07, 6.45) is 2.65. The molecule has 1 aliphatic heterocycles. The molecular formula is C18H26N4O3S. The Bertz CT molecular complexity index is 681. The number of amides is 2. The van der Waals surface area contributed by atoms with Crippen molar-refractivity contribution in [1.82, 2.24) is 15.1 Å². The van der Waals surface area contributed by atoms with Gasteiger partial charge in [-0.1, -0.05) is 25.2 Å². The van der Waals surface area contributed by atoms with Crippen LogP contribution in [0.1, 0.15) is 46.5 Å². The van der Waals surface area contributed by atoms with E-state index in [1.165, 1.54) is 11.3 Å². The van der Waals surface area contributed by atoms with Gasteiger partial charge in [-0.15, -0.1) is 10.2 Å². The average Bonchev–Trinajstić information content (AvgIpc) is 3.10. The summed E-state index contributed by atoms with van der Waals surface area (Å²) in [6, 6.07) is 0. The summed E-state index contributed by atoms with van der Waals surface area (Å²) in [5.41, 5.74) is 1.48. The Morgan fingerprint density at radius 1 is 1.31 bits per heavy atom. The number of hydrogen-bond acceptors (Lipinski definition) is 6. The fourth-order valence-corrected chi connectivity index (χ4v) is 4.67. The first kappa shape index (κ1) is 18.9. The van der Waals surface area contributed by atoms with Gasteiger partial charge in [0.1, 0.15) is 11.3 Å². The van der Waals surface area contributed by atoms with E-state index in [-0.39, 0.29) is 40.8 Å². The van der Waals surface area contributed by atoms with Gasteiger partial charge >= 0.3 is 0 Å². The number of nitrogens with one attached hydrogen (secondary N) is 1. The topological polar surface area (TPSA) is 92.3 Å². The van der Waals surface area contributed by atoms with Gasteiger partial charge in [0, 0.05) is 31.3 Å². The van der Waals surface area contributed by atoms with Gasteiger partial charge in [0.25, 0.3) is 0 Å². The number of carbonyl (C=O) groups is 3. The minimum Gasteiger partial charge on any atom is -0.343 e. The quantitative estimate of drug-likeness (QED) is 0.849. The second-order valence-electron chi connectivity index (χ2n) is 8.01. The number of hydrogen-bond donors (Lipinski definition) is 1. The van der Waals surface area contributed by atoms with Gasteiger partial charge in [0.2, 0.25) is 16.9 Å². The summed E-state index contributed by atoms with van der Waals surface area (Å²) in [5, 5.41) is 10.8.